The number of rotatable bonds is 4. The second kappa shape index (κ2) is 5.52. The van der Waals surface area contributed by atoms with Crippen molar-refractivity contribution in [1.82, 2.24) is 10.2 Å². The summed E-state index contributed by atoms with van der Waals surface area (Å²) in [5.74, 6) is 1.35. The Kier molecular flexibility index (Phi) is 3.98. The van der Waals surface area contributed by atoms with Crippen molar-refractivity contribution in [3.05, 3.63) is 0 Å². The van der Waals surface area contributed by atoms with Crippen LogP contribution in [0.15, 0.2) is 0 Å². The van der Waals surface area contributed by atoms with Crippen LogP contribution in [0.4, 0.5) is 4.79 Å². The summed E-state index contributed by atoms with van der Waals surface area (Å²) in [6, 6.07) is -0.567. The lowest BCUT2D eigenvalue weighted by Gasteiger charge is -2.25. The summed E-state index contributed by atoms with van der Waals surface area (Å²) < 4.78 is 0. The molecule has 2 N–H and O–H groups in total. The Morgan fingerprint density at radius 1 is 1.53 bits per heavy atom. The maximum atomic E-state index is 12.2. The lowest BCUT2D eigenvalue weighted by Crippen LogP contribution is -2.47. The number of terminal acetylenes is 1. The molecular formula is C14H20N2O3. The van der Waals surface area contributed by atoms with Gasteiger partial charge >= 0.3 is 12.0 Å². The molecule has 0 aliphatic carbocycles. The number of carboxylic acid groups (broad SMARTS) is 1. The second-order valence-corrected chi connectivity index (χ2v) is 5.34. The highest BCUT2D eigenvalue weighted by Crippen LogP contribution is 2.41. The fraction of sp³-hybridized carbons (Fsp3) is 0.714. The van der Waals surface area contributed by atoms with Crippen LogP contribution in [0.2, 0.25) is 0 Å². The SMILES string of the molecule is C#CC(CCC)NC(=O)N1C2CCC1C(C(=O)O)C2. The number of fused-ring (bicyclic) bond motifs is 2. The van der Waals surface area contributed by atoms with Crippen LogP contribution in [0.25, 0.3) is 0 Å². The molecule has 2 bridgehead atoms. The molecule has 2 aliphatic heterocycles. The molecular weight excluding hydrogens is 244 g/mol. The summed E-state index contributed by atoms with van der Waals surface area (Å²) in [6.45, 7) is 2.01. The Morgan fingerprint density at radius 3 is 2.79 bits per heavy atom. The Balaban J connectivity index is 2.01. The van der Waals surface area contributed by atoms with Crippen LogP contribution in [0, 0.1) is 18.3 Å². The molecule has 0 radical (unpaired) electrons. The van der Waals surface area contributed by atoms with E-state index in [0.717, 1.165) is 25.7 Å². The number of carbonyl (C=O) groups excluding carboxylic acids is 1. The first-order valence-electron chi connectivity index (χ1n) is 6.86. The quantitative estimate of drug-likeness (QED) is 0.755. The predicted octanol–water partition coefficient (Wildman–Crippen LogP) is 1.44. The molecule has 5 nitrogen and oxygen atoms in total. The van der Waals surface area contributed by atoms with Gasteiger partial charge in [-0.15, -0.1) is 6.42 Å². The number of nitrogens with zero attached hydrogens (tertiary/aromatic N) is 1. The van der Waals surface area contributed by atoms with Gasteiger partial charge in [0.1, 0.15) is 0 Å². The molecule has 2 saturated heterocycles. The van der Waals surface area contributed by atoms with Gasteiger partial charge in [0, 0.05) is 12.1 Å². The van der Waals surface area contributed by atoms with Gasteiger partial charge in [-0.05, 0) is 25.7 Å². The first-order chi connectivity index (χ1) is 9.08. The minimum absolute atomic E-state index is 0.0613. The standard InChI is InChI=1S/C14H20N2O3/c1-3-5-9(4-2)15-14(19)16-10-6-7-12(16)11(8-10)13(17)18/h2,9-12H,3,5-8H2,1H3,(H,15,19)(H,17,18). The van der Waals surface area contributed by atoms with E-state index >= 15 is 0 Å². The first kappa shape index (κ1) is 13.7. The highest BCUT2D eigenvalue weighted by Gasteiger charge is 2.51. The van der Waals surface area contributed by atoms with Gasteiger partial charge in [-0.2, -0.15) is 0 Å². The van der Waals surface area contributed by atoms with E-state index in [1.165, 1.54) is 0 Å². The molecule has 0 saturated carbocycles. The third-order valence-corrected chi connectivity index (χ3v) is 4.16. The van der Waals surface area contributed by atoms with Gasteiger partial charge in [0.25, 0.3) is 0 Å². The van der Waals surface area contributed by atoms with Crippen molar-refractivity contribution in [2.75, 3.05) is 0 Å². The molecule has 4 atom stereocenters. The Morgan fingerprint density at radius 2 is 2.26 bits per heavy atom. The van der Waals surface area contributed by atoms with Crippen molar-refractivity contribution in [3.8, 4) is 12.3 Å². The monoisotopic (exact) mass is 264 g/mol. The Labute approximate surface area is 113 Å². The third-order valence-electron chi connectivity index (χ3n) is 4.16. The van der Waals surface area contributed by atoms with Gasteiger partial charge in [-0.25, -0.2) is 4.79 Å². The first-order valence-corrected chi connectivity index (χ1v) is 6.86. The number of amides is 2. The zero-order chi connectivity index (χ0) is 14.0. The summed E-state index contributed by atoms with van der Waals surface area (Å²) in [5.41, 5.74) is 0. The number of urea groups is 1. The molecule has 0 aromatic heterocycles. The molecule has 2 amide bonds. The van der Waals surface area contributed by atoms with Crippen LogP contribution in [-0.4, -0.2) is 40.1 Å². The molecule has 0 aromatic rings. The molecule has 0 aromatic carbocycles. The van der Waals surface area contributed by atoms with Crippen LogP contribution in [0.1, 0.15) is 39.0 Å². The van der Waals surface area contributed by atoms with E-state index in [1.54, 1.807) is 4.90 Å². The van der Waals surface area contributed by atoms with E-state index in [4.69, 9.17) is 11.5 Å². The summed E-state index contributed by atoms with van der Waals surface area (Å²) in [5, 5.41) is 12.0. The minimum Gasteiger partial charge on any atom is -0.481 e. The van der Waals surface area contributed by atoms with Gasteiger partial charge in [0.15, 0.2) is 0 Å². The third kappa shape index (κ3) is 2.53. The largest absolute Gasteiger partial charge is 0.481 e. The maximum absolute atomic E-state index is 12.2. The Hall–Kier alpha value is -1.70. The highest BCUT2D eigenvalue weighted by molar-refractivity contribution is 5.79. The zero-order valence-corrected chi connectivity index (χ0v) is 11.1. The van der Waals surface area contributed by atoms with E-state index in [9.17, 15) is 9.59 Å². The molecule has 2 fully saturated rings. The van der Waals surface area contributed by atoms with Crippen molar-refractivity contribution >= 4 is 12.0 Å². The molecule has 4 unspecified atom stereocenters. The molecule has 5 heteroatoms. The number of aliphatic carboxylic acids is 1. The van der Waals surface area contributed by atoms with Crippen molar-refractivity contribution < 1.29 is 14.7 Å². The van der Waals surface area contributed by atoms with E-state index in [2.05, 4.69) is 11.2 Å². The molecule has 2 aliphatic rings. The zero-order valence-electron chi connectivity index (χ0n) is 11.1. The van der Waals surface area contributed by atoms with Crippen LogP contribution < -0.4 is 5.32 Å². The number of carbonyl (C=O) groups is 2. The van der Waals surface area contributed by atoms with Gasteiger partial charge in [0.2, 0.25) is 0 Å². The van der Waals surface area contributed by atoms with Gasteiger partial charge in [-0.3, -0.25) is 4.79 Å². The fourth-order valence-corrected chi connectivity index (χ4v) is 3.28. The predicted molar refractivity (Wildman–Crippen MR) is 70.5 cm³/mol. The second-order valence-electron chi connectivity index (χ2n) is 5.34. The van der Waals surface area contributed by atoms with E-state index in [-0.39, 0.29) is 24.2 Å². The molecule has 0 spiro atoms. The van der Waals surface area contributed by atoms with E-state index in [1.807, 2.05) is 6.92 Å². The van der Waals surface area contributed by atoms with Crippen LogP contribution >= 0.6 is 0 Å². The van der Waals surface area contributed by atoms with E-state index < -0.39 is 11.9 Å². The summed E-state index contributed by atoms with van der Waals surface area (Å²) >= 11 is 0. The minimum atomic E-state index is -0.799. The molecule has 2 rings (SSSR count). The van der Waals surface area contributed by atoms with Crippen LogP contribution in [0.5, 0.6) is 0 Å². The van der Waals surface area contributed by atoms with Crippen molar-refractivity contribution in [3.63, 3.8) is 0 Å². The number of hydrogen-bond acceptors (Lipinski definition) is 2. The van der Waals surface area contributed by atoms with Crippen LogP contribution in [-0.2, 0) is 4.79 Å². The summed E-state index contributed by atoms with van der Waals surface area (Å²) in [6.07, 6.45) is 9.29. The van der Waals surface area contributed by atoms with E-state index in [0.29, 0.717) is 6.42 Å². The highest BCUT2D eigenvalue weighted by atomic mass is 16.4. The van der Waals surface area contributed by atoms with Crippen LogP contribution in [0.3, 0.4) is 0 Å². The van der Waals surface area contributed by atoms with Crippen molar-refractivity contribution in [2.45, 2.75) is 57.2 Å². The van der Waals surface area contributed by atoms with Gasteiger partial charge < -0.3 is 15.3 Å². The number of carboxylic acids is 1. The molecule has 2 heterocycles. The smallest absolute Gasteiger partial charge is 0.318 e. The topological polar surface area (TPSA) is 69.6 Å². The fourth-order valence-electron chi connectivity index (χ4n) is 3.28. The lowest BCUT2D eigenvalue weighted by molar-refractivity contribution is -0.142. The molecule has 19 heavy (non-hydrogen) atoms. The van der Waals surface area contributed by atoms with Crippen molar-refractivity contribution in [1.29, 1.82) is 0 Å². The number of nitrogens with one attached hydrogen (secondary N) is 1. The van der Waals surface area contributed by atoms with Gasteiger partial charge in [-0.1, -0.05) is 19.3 Å². The average Bonchev–Trinajstić information content (AvgIpc) is 2.95. The number of hydrogen-bond donors (Lipinski definition) is 2. The summed E-state index contributed by atoms with van der Waals surface area (Å²) in [4.78, 5) is 25.1. The maximum Gasteiger partial charge on any atom is 0.318 e. The normalized spacial score (nSPS) is 29.9. The van der Waals surface area contributed by atoms with Gasteiger partial charge in [0.05, 0.1) is 12.0 Å². The van der Waals surface area contributed by atoms with Crippen molar-refractivity contribution in [2.24, 2.45) is 5.92 Å². The Bertz CT molecular complexity index is 415. The average molecular weight is 264 g/mol. The molecule has 104 valence electrons. The summed E-state index contributed by atoms with van der Waals surface area (Å²) in [7, 11) is 0. The lowest BCUT2D eigenvalue weighted by atomic mass is 9.89.